The molecule has 5 heteroatoms. The number of rotatable bonds is 6. The molecule has 1 aliphatic rings. The molecule has 0 aromatic heterocycles. The topological polar surface area (TPSA) is 52.6 Å². The van der Waals surface area contributed by atoms with Crippen molar-refractivity contribution in [2.75, 3.05) is 18.4 Å². The molecule has 1 atom stereocenters. The van der Waals surface area contributed by atoms with Crippen LogP contribution in [0.15, 0.2) is 65.6 Å². The SMILES string of the molecule is C=Cc1cc(CN2CC[C@H](O)C2)ccc1C(=O)Nc1cccc(-c2cccc(Br)c2C)c1C. The fraction of sp³-hybridized carbons (Fsp3) is 0.250. The molecule has 0 unspecified atom stereocenters. The van der Waals surface area contributed by atoms with Crippen LogP contribution in [0.5, 0.6) is 0 Å². The molecule has 0 bridgehead atoms. The zero-order valence-electron chi connectivity index (χ0n) is 19.1. The molecular formula is C28H29BrN2O2. The molecule has 0 radical (unpaired) electrons. The van der Waals surface area contributed by atoms with Crippen LogP contribution < -0.4 is 5.32 Å². The Bertz CT molecular complexity index is 1200. The fourth-order valence-corrected chi connectivity index (χ4v) is 4.82. The number of benzene rings is 3. The number of nitrogens with zero attached hydrogens (tertiary/aromatic N) is 1. The van der Waals surface area contributed by atoms with E-state index in [0.29, 0.717) is 12.1 Å². The van der Waals surface area contributed by atoms with E-state index in [2.05, 4.69) is 51.8 Å². The molecule has 3 aromatic carbocycles. The normalized spacial score (nSPS) is 16.1. The van der Waals surface area contributed by atoms with Crippen molar-refractivity contribution < 1.29 is 9.90 Å². The molecule has 1 amide bonds. The number of halogens is 1. The predicted octanol–water partition coefficient (Wildman–Crippen LogP) is 6.19. The molecule has 1 aliphatic heterocycles. The van der Waals surface area contributed by atoms with Gasteiger partial charge in [0.15, 0.2) is 0 Å². The van der Waals surface area contributed by atoms with Crippen LogP contribution >= 0.6 is 15.9 Å². The van der Waals surface area contributed by atoms with Crippen LogP contribution in [-0.2, 0) is 6.54 Å². The first kappa shape index (κ1) is 23.4. The van der Waals surface area contributed by atoms with Gasteiger partial charge < -0.3 is 10.4 Å². The van der Waals surface area contributed by atoms with Gasteiger partial charge in [-0.3, -0.25) is 9.69 Å². The summed E-state index contributed by atoms with van der Waals surface area (Å²) in [6.45, 7) is 10.4. The monoisotopic (exact) mass is 504 g/mol. The van der Waals surface area contributed by atoms with Crippen molar-refractivity contribution in [3.63, 3.8) is 0 Å². The van der Waals surface area contributed by atoms with Crippen LogP contribution in [0.3, 0.4) is 0 Å². The maximum Gasteiger partial charge on any atom is 0.256 e. The van der Waals surface area contributed by atoms with E-state index in [9.17, 15) is 9.90 Å². The van der Waals surface area contributed by atoms with E-state index >= 15 is 0 Å². The number of likely N-dealkylation sites (tertiary alicyclic amines) is 1. The van der Waals surface area contributed by atoms with E-state index in [0.717, 1.165) is 57.5 Å². The number of carbonyl (C=O) groups is 1. The van der Waals surface area contributed by atoms with Crippen LogP contribution in [0.1, 0.15) is 39.0 Å². The molecule has 2 N–H and O–H groups in total. The number of hydrogen-bond donors (Lipinski definition) is 2. The third-order valence-corrected chi connectivity index (χ3v) is 7.23. The highest BCUT2D eigenvalue weighted by atomic mass is 79.9. The maximum atomic E-state index is 13.2. The Kier molecular flexibility index (Phi) is 7.13. The van der Waals surface area contributed by atoms with E-state index in [4.69, 9.17) is 0 Å². The average Bonchev–Trinajstić information content (AvgIpc) is 3.21. The minimum atomic E-state index is -0.242. The Balaban J connectivity index is 1.57. The molecule has 0 spiro atoms. The second-order valence-electron chi connectivity index (χ2n) is 8.65. The summed E-state index contributed by atoms with van der Waals surface area (Å²) in [6.07, 6.45) is 2.30. The van der Waals surface area contributed by atoms with Crippen LogP contribution in [0.2, 0.25) is 0 Å². The minimum Gasteiger partial charge on any atom is -0.392 e. The van der Waals surface area contributed by atoms with E-state index in [1.54, 1.807) is 6.08 Å². The van der Waals surface area contributed by atoms with Crippen molar-refractivity contribution in [3.05, 3.63) is 93.5 Å². The summed E-state index contributed by atoms with van der Waals surface area (Å²) in [6, 6.07) is 18.0. The summed E-state index contributed by atoms with van der Waals surface area (Å²) in [5.74, 6) is -0.153. The lowest BCUT2D eigenvalue weighted by atomic mass is 9.95. The van der Waals surface area contributed by atoms with Crippen LogP contribution in [0.4, 0.5) is 5.69 Å². The van der Waals surface area contributed by atoms with Crippen molar-refractivity contribution in [2.45, 2.75) is 32.9 Å². The van der Waals surface area contributed by atoms with Crippen molar-refractivity contribution in [1.82, 2.24) is 4.90 Å². The molecule has 33 heavy (non-hydrogen) atoms. The summed E-state index contributed by atoms with van der Waals surface area (Å²) < 4.78 is 1.06. The van der Waals surface area contributed by atoms with Gasteiger partial charge in [-0.1, -0.05) is 58.9 Å². The summed E-state index contributed by atoms with van der Waals surface area (Å²) in [4.78, 5) is 15.4. The van der Waals surface area contributed by atoms with Gasteiger partial charge in [0.05, 0.1) is 6.10 Å². The number of carbonyl (C=O) groups excluding carboxylic acids is 1. The third-order valence-electron chi connectivity index (χ3n) is 6.37. The number of nitrogens with one attached hydrogen (secondary N) is 1. The minimum absolute atomic E-state index is 0.153. The van der Waals surface area contributed by atoms with Gasteiger partial charge in [0.25, 0.3) is 5.91 Å². The second-order valence-corrected chi connectivity index (χ2v) is 9.50. The van der Waals surface area contributed by atoms with Gasteiger partial charge in [-0.15, -0.1) is 0 Å². The van der Waals surface area contributed by atoms with Gasteiger partial charge >= 0.3 is 0 Å². The first-order valence-corrected chi connectivity index (χ1v) is 12.0. The number of β-amino-alcohol motifs (C(OH)–C–C–N with tert-alkyl or cyclic N) is 1. The van der Waals surface area contributed by atoms with E-state index in [1.165, 1.54) is 5.56 Å². The molecule has 3 aromatic rings. The van der Waals surface area contributed by atoms with Crippen LogP contribution in [0, 0.1) is 13.8 Å². The Labute approximate surface area is 204 Å². The highest BCUT2D eigenvalue weighted by Gasteiger charge is 2.21. The predicted molar refractivity (Wildman–Crippen MR) is 139 cm³/mol. The molecule has 1 saturated heterocycles. The summed E-state index contributed by atoms with van der Waals surface area (Å²) in [5, 5.41) is 12.9. The van der Waals surface area contributed by atoms with Crippen LogP contribution in [-0.4, -0.2) is 35.1 Å². The summed E-state index contributed by atoms with van der Waals surface area (Å²) in [5.41, 5.74) is 7.73. The Morgan fingerprint density at radius 3 is 2.58 bits per heavy atom. The number of aliphatic hydroxyl groups is 1. The Hall–Kier alpha value is -2.73. The average molecular weight is 505 g/mol. The lowest BCUT2D eigenvalue weighted by Crippen LogP contribution is -2.21. The van der Waals surface area contributed by atoms with Crippen molar-refractivity contribution in [1.29, 1.82) is 0 Å². The molecule has 4 rings (SSSR count). The number of hydrogen-bond acceptors (Lipinski definition) is 3. The maximum absolute atomic E-state index is 13.2. The molecule has 170 valence electrons. The van der Waals surface area contributed by atoms with Gasteiger partial charge in [-0.2, -0.15) is 0 Å². The Morgan fingerprint density at radius 1 is 1.15 bits per heavy atom. The first-order chi connectivity index (χ1) is 15.9. The largest absolute Gasteiger partial charge is 0.392 e. The van der Waals surface area contributed by atoms with Gasteiger partial charge in [0.1, 0.15) is 0 Å². The lowest BCUT2D eigenvalue weighted by molar-refractivity contribution is 0.102. The van der Waals surface area contributed by atoms with Gasteiger partial charge in [0, 0.05) is 35.4 Å². The fourth-order valence-electron chi connectivity index (χ4n) is 4.45. The zero-order chi connectivity index (χ0) is 23.5. The van der Waals surface area contributed by atoms with E-state index in [1.807, 2.05) is 49.4 Å². The third kappa shape index (κ3) is 5.11. The number of anilines is 1. The van der Waals surface area contributed by atoms with Crippen molar-refractivity contribution in [3.8, 4) is 11.1 Å². The Morgan fingerprint density at radius 2 is 1.88 bits per heavy atom. The smallest absolute Gasteiger partial charge is 0.256 e. The highest BCUT2D eigenvalue weighted by Crippen LogP contribution is 2.34. The van der Waals surface area contributed by atoms with Crippen molar-refractivity contribution >= 4 is 33.6 Å². The van der Waals surface area contributed by atoms with E-state index in [-0.39, 0.29) is 12.0 Å². The number of aliphatic hydroxyl groups excluding tert-OH is 1. The molecule has 0 aliphatic carbocycles. The quantitative estimate of drug-likeness (QED) is 0.420. The molecule has 0 saturated carbocycles. The lowest BCUT2D eigenvalue weighted by Gasteiger charge is -2.17. The van der Waals surface area contributed by atoms with Crippen molar-refractivity contribution in [2.24, 2.45) is 0 Å². The van der Waals surface area contributed by atoms with Gasteiger partial charge in [-0.05, 0) is 77.9 Å². The molecule has 4 nitrogen and oxygen atoms in total. The molecular weight excluding hydrogens is 476 g/mol. The highest BCUT2D eigenvalue weighted by molar-refractivity contribution is 9.10. The first-order valence-electron chi connectivity index (χ1n) is 11.2. The zero-order valence-corrected chi connectivity index (χ0v) is 20.7. The summed E-state index contributed by atoms with van der Waals surface area (Å²) >= 11 is 3.61. The molecule has 1 fully saturated rings. The molecule has 1 heterocycles. The summed E-state index contributed by atoms with van der Waals surface area (Å²) in [7, 11) is 0. The van der Waals surface area contributed by atoms with Gasteiger partial charge in [0.2, 0.25) is 0 Å². The second kappa shape index (κ2) is 10.0. The van der Waals surface area contributed by atoms with Gasteiger partial charge in [-0.25, -0.2) is 0 Å². The standard InChI is InChI=1S/C28H29BrN2O2/c1-4-21-15-20(16-31-14-13-22(32)17-31)11-12-25(21)28(33)30-27-10-6-8-24(19(27)3)23-7-5-9-26(29)18(23)2/h4-12,15,22,32H,1,13-14,16-17H2,2-3H3,(H,30,33)/t22-/m0/s1. The number of amides is 1. The van der Waals surface area contributed by atoms with Crippen LogP contribution in [0.25, 0.3) is 17.2 Å². The van der Waals surface area contributed by atoms with E-state index < -0.39 is 0 Å².